The average molecular weight is 665 g/mol. The maximum Gasteiger partial charge on any atom is 0.404 e. The Labute approximate surface area is 278 Å². The van der Waals surface area contributed by atoms with Crippen LogP contribution in [0.5, 0.6) is 5.75 Å². The van der Waals surface area contributed by atoms with Crippen LogP contribution in [-0.2, 0) is 15.9 Å². The minimum absolute atomic E-state index is 0.0166. The molecule has 4 aromatic rings. The molecule has 2 aromatic heterocycles. The molecule has 0 saturated carbocycles. The van der Waals surface area contributed by atoms with Crippen LogP contribution in [0.4, 0.5) is 25.3 Å². The van der Waals surface area contributed by atoms with Gasteiger partial charge in [-0.05, 0) is 66.1 Å². The fourth-order valence-electron chi connectivity index (χ4n) is 7.17. The average Bonchev–Trinajstić information content (AvgIpc) is 3.00. The number of nitrogens with two attached hydrogens (primary N) is 1. The number of hydrogen-bond acceptors (Lipinski definition) is 10. The van der Waals surface area contributed by atoms with E-state index >= 15 is 8.78 Å². The number of pyridine rings is 1. The van der Waals surface area contributed by atoms with Gasteiger partial charge in [-0.3, -0.25) is 4.98 Å². The summed E-state index contributed by atoms with van der Waals surface area (Å²) in [6.45, 7) is 10.7. The van der Waals surface area contributed by atoms with E-state index in [1.54, 1.807) is 25.1 Å². The monoisotopic (exact) mass is 664 g/mol. The van der Waals surface area contributed by atoms with Crippen molar-refractivity contribution in [2.24, 2.45) is 11.1 Å². The number of aromatic nitrogens is 3. The summed E-state index contributed by atoms with van der Waals surface area (Å²) in [6, 6.07) is 6.07. The highest BCUT2D eigenvalue weighted by molar-refractivity contribution is 6.02. The summed E-state index contributed by atoms with van der Waals surface area (Å²) in [7, 11) is 1.50. The van der Waals surface area contributed by atoms with E-state index in [4.69, 9.17) is 29.9 Å². The van der Waals surface area contributed by atoms with Gasteiger partial charge >= 0.3 is 6.09 Å². The Kier molecular flexibility index (Phi) is 8.79. The minimum Gasteiger partial charge on any atom is -0.468 e. The van der Waals surface area contributed by atoms with Gasteiger partial charge in [0.15, 0.2) is 12.6 Å². The fourth-order valence-corrected chi connectivity index (χ4v) is 7.17. The summed E-state index contributed by atoms with van der Waals surface area (Å²) in [6.07, 6.45) is 1.83. The van der Waals surface area contributed by atoms with Crippen LogP contribution in [0.1, 0.15) is 53.0 Å². The third-order valence-corrected chi connectivity index (χ3v) is 9.20. The number of fused-ring (bicyclic) bond motifs is 2. The van der Waals surface area contributed by atoms with Gasteiger partial charge in [0.1, 0.15) is 34.7 Å². The van der Waals surface area contributed by atoms with Crippen molar-refractivity contribution in [1.29, 1.82) is 0 Å². The molecule has 0 radical (unpaired) electrons. The zero-order valence-corrected chi connectivity index (χ0v) is 28.1. The molecule has 48 heavy (non-hydrogen) atoms. The molecule has 0 spiro atoms. The van der Waals surface area contributed by atoms with Crippen molar-refractivity contribution in [3.05, 3.63) is 47.7 Å². The Morgan fingerprint density at radius 1 is 1.21 bits per heavy atom. The summed E-state index contributed by atoms with van der Waals surface area (Å²) in [5.41, 5.74) is 4.77. The number of carbonyl (C=O) groups excluding carboxylic acids is 1. The molecule has 3 atom stereocenters. The number of β-amino-alcohol motifs (C(OH)–C–C–N with tert-alkyl or cyclic N) is 1. The predicted molar refractivity (Wildman–Crippen MR) is 179 cm³/mol. The van der Waals surface area contributed by atoms with Gasteiger partial charge in [0.25, 0.3) is 0 Å². The molecule has 0 aliphatic carbocycles. The molecule has 2 unspecified atom stereocenters. The van der Waals surface area contributed by atoms with Gasteiger partial charge in [-0.25, -0.2) is 18.6 Å². The molecule has 2 aromatic carbocycles. The van der Waals surface area contributed by atoms with Gasteiger partial charge < -0.3 is 34.9 Å². The molecule has 2 aliphatic rings. The van der Waals surface area contributed by atoms with E-state index in [1.807, 2.05) is 37.5 Å². The molecule has 13 heteroatoms. The van der Waals surface area contributed by atoms with Crippen LogP contribution in [0.25, 0.3) is 32.9 Å². The standard InChI is InChI=1S/C35H42F2N6O5/c1-7-21-24(36)10-9-19-13-20(47-18-46-6)14-22(26(19)21)28-27(37)29-23(15-39-28)31(42-12-8-11-35(5,45)17-42)41-33(40-29)43-16-25(48-32(38)44)30(43)34(2,3)4/h9-10,13-15,25,30,45H,7-8,11-12,16-18H2,1-6H3,(H2,38,44)/t25?,30-,35?/m0/s1. The number of methoxy groups -OCH3 is 1. The Balaban J connectivity index is 1.59. The minimum atomic E-state index is -0.977. The van der Waals surface area contributed by atoms with Gasteiger partial charge in [-0.1, -0.05) is 33.8 Å². The van der Waals surface area contributed by atoms with Gasteiger partial charge in [-0.2, -0.15) is 4.98 Å². The number of anilines is 2. The molecule has 11 nitrogen and oxygen atoms in total. The molecular weight excluding hydrogens is 622 g/mol. The number of primary amides is 1. The molecule has 1 amide bonds. The lowest BCUT2D eigenvalue weighted by Gasteiger charge is -2.53. The predicted octanol–water partition coefficient (Wildman–Crippen LogP) is 5.72. The lowest BCUT2D eigenvalue weighted by molar-refractivity contribution is 0.0182. The molecule has 6 rings (SSSR count). The number of ether oxygens (including phenoxy) is 3. The number of nitrogens with zero attached hydrogens (tertiary/aromatic N) is 5. The van der Waals surface area contributed by atoms with Crippen molar-refractivity contribution in [1.82, 2.24) is 15.0 Å². The normalized spacial score (nSPS) is 21.4. The first kappa shape index (κ1) is 33.5. The quantitative estimate of drug-likeness (QED) is 0.225. The fraction of sp³-hybridized carbons (Fsp3) is 0.486. The number of hydrogen-bond donors (Lipinski definition) is 2. The second-order valence-corrected chi connectivity index (χ2v) is 14.0. The van der Waals surface area contributed by atoms with Gasteiger partial charge in [0, 0.05) is 32.0 Å². The first-order valence-electron chi connectivity index (χ1n) is 16.2. The summed E-state index contributed by atoms with van der Waals surface area (Å²) in [5.74, 6) is -0.0354. The van der Waals surface area contributed by atoms with Crippen LogP contribution >= 0.6 is 0 Å². The van der Waals surface area contributed by atoms with E-state index in [0.717, 1.165) is 0 Å². The number of amides is 1. The topological polar surface area (TPSA) is 136 Å². The van der Waals surface area contributed by atoms with Gasteiger partial charge in [-0.15, -0.1) is 0 Å². The Morgan fingerprint density at radius 3 is 2.65 bits per heavy atom. The van der Waals surface area contributed by atoms with E-state index in [2.05, 4.69) is 4.98 Å². The highest BCUT2D eigenvalue weighted by Crippen LogP contribution is 2.42. The number of piperidine rings is 1. The van der Waals surface area contributed by atoms with Crippen molar-refractivity contribution in [2.75, 3.05) is 43.3 Å². The van der Waals surface area contributed by atoms with Gasteiger partial charge in [0.05, 0.1) is 23.6 Å². The van der Waals surface area contributed by atoms with Crippen molar-refractivity contribution in [3.8, 4) is 17.0 Å². The maximum absolute atomic E-state index is 17.2. The third-order valence-electron chi connectivity index (χ3n) is 9.20. The Morgan fingerprint density at radius 2 is 1.98 bits per heavy atom. The Bertz CT molecular complexity index is 1880. The number of carbonyl (C=O) groups is 1. The second-order valence-electron chi connectivity index (χ2n) is 14.0. The lowest BCUT2D eigenvalue weighted by atomic mass is 9.77. The number of halogens is 2. The van der Waals surface area contributed by atoms with E-state index < -0.39 is 34.8 Å². The van der Waals surface area contributed by atoms with Crippen molar-refractivity contribution in [2.45, 2.75) is 71.6 Å². The highest BCUT2D eigenvalue weighted by atomic mass is 19.1. The zero-order valence-electron chi connectivity index (χ0n) is 28.1. The lowest BCUT2D eigenvalue weighted by Crippen LogP contribution is -2.67. The third kappa shape index (κ3) is 6.16. The van der Waals surface area contributed by atoms with Crippen LogP contribution < -0.4 is 20.3 Å². The smallest absolute Gasteiger partial charge is 0.404 e. The number of aryl methyl sites for hydroxylation is 1. The summed E-state index contributed by atoms with van der Waals surface area (Å²) in [5, 5.41) is 12.5. The van der Waals surface area contributed by atoms with Crippen LogP contribution in [-0.4, -0.2) is 77.4 Å². The van der Waals surface area contributed by atoms with E-state index in [9.17, 15) is 9.90 Å². The number of rotatable bonds is 8. The molecule has 0 bridgehead atoms. The van der Waals surface area contributed by atoms with E-state index in [1.165, 1.54) is 19.4 Å². The number of benzene rings is 2. The summed E-state index contributed by atoms with van der Waals surface area (Å²) in [4.78, 5) is 29.8. The van der Waals surface area contributed by atoms with Crippen molar-refractivity contribution >= 4 is 39.5 Å². The summed E-state index contributed by atoms with van der Waals surface area (Å²) < 4.78 is 48.6. The molecule has 4 heterocycles. The van der Waals surface area contributed by atoms with E-state index in [-0.39, 0.29) is 43.1 Å². The van der Waals surface area contributed by atoms with E-state index in [0.29, 0.717) is 64.7 Å². The first-order chi connectivity index (χ1) is 22.7. The van der Waals surface area contributed by atoms with Crippen molar-refractivity contribution < 1.29 is 32.9 Å². The first-order valence-corrected chi connectivity index (χ1v) is 16.2. The SMILES string of the molecule is CCc1c(F)ccc2cc(OCOC)cc(-c3ncc4c(N5CCCC(C)(O)C5)nc(N5CC(OC(N)=O)[C@H]5C(C)(C)C)nc4c3F)c12. The van der Waals surface area contributed by atoms with Gasteiger partial charge in [0.2, 0.25) is 5.95 Å². The number of aliphatic hydroxyl groups is 1. The highest BCUT2D eigenvalue weighted by Gasteiger charge is 2.50. The zero-order chi connectivity index (χ0) is 34.5. The molecule has 2 saturated heterocycles. The molecule has 2 aliphatic heterocycles. The molecule has 2 fully saturated rings. The van der Waals surface area contributed by atoms with Crippen LogP contribution in [0.2, 0.25) is 0 Å². The second kappa shape index (κ2) is 12.6. The maximum atomic E-state index is 17.2. The summed E-state index contributed by atoms with van der Waals surface area (Å²) >= 11 is 0. The van der Waals surface area contributed by atoms with Crippen molar-refractivity contribution in [3.63, 3.8) is 0 Å². The molecular formula is C35H42F2N6O5. The van der Waals surface area contributed by atoms with Crippen LogP contribution in [0.3, 0.4) is 0 Å². The van der Waals surface area contributed by atoms with Crippen LogP contribution in [0, 0.1) is 17.0 Å². The Hall–Kier alpha value is -4.36. The molecule has 256 valence electrons. The molecule has 3 N–H and O–H groups in total. The van der Waals surface area contributed by atoms with Crippen LogP contribution in [0.15, 0.2) is 30.5 Å². The largest absolute Gasteiger partial charge is 0.468 e.